The first-order valence-corrected chi connectivity index (χ1v) is 9.59. The summed E-state index contributed by atoms with van der Waals surface area (Å²) in [6.45, 7) is 0.672. The molecule has 153 valence electrons. The third-order valence-corrected chi connectivity index (χ3v) is 4.58. The molecule has 1 aromatic rings. The number of benzene rings is 1. The number of esters is 1. The van der Waals surface area contributed by atoms with Crippen LogP contribution in [0, 0.1) is 0 Å². The van der Waals surface area contributed by atoms with Crippen LogP contribution in [0.4, 0.5) is 0 Å². The Morgan fingerprint density at radius 2 is 2.07 bits per heavy atom. The number of aliphatic hydroxyl groups excluding tert-OH is 1. The smallest absolute Gasteiger partial charge is 0.331 e. The fraction of sp³-hybridized carbons (Fsp3) is 0.455. The Morgan fingerprint density at radius 3 is 2.79 bits per heavy atom. The second kappa shape index (κ2) is 14.5. The summed E-state index contributed by atoms with van der Waals surface area (Å²) in [5, 5.41) is 10.3. The summed E-state index contributed by atoms with van der Waals surface area (Å²) in [6, 6.07) is 9.81. The molecule has 1 aliphatic rings. The standard InChI is InChI=1S/C22H29NO5.Na/c1-27-22(26)17-28-15-6-5-14-23-19(10-7-11-21(23)25)12-13-20(24)16-18-8-3-2-4-9-18;/h2-6,8-9,12-13,19-20,24H,7,10-11,14-17H2,1H3;/b6-5-,13-12+;/t19-,20?;/m1./s1. The summed E-state index contributed by atoms with van der Waals surface area (Å²) in [4.78, 5) is 25.1. The van der Waals surface area contributed by atoms with Crippen molar-refractivity contribution in [2.75, 3.05) is 26.9 Å². The summed E-state index contributed by atoms with van der Waals surface area (Å²) in [6.07, 6.45) is 9.62. The number of hydrogen-bond acceptors (Lipinski definition) is 5. The van der Waals surface area contributed by atoms with Gasteiger partial charge in [0.05, 0.1) is 25.9 Å². The molecule has 0 aliphatic carbocycles. The Kier molecular flexibility index (Phi) is 12.8. The largest absolute Gasteiger partial charge is 0.467 e. The van der Waals surface area contributed by atoms with Crippen LogP contribution in [0.15, 0.2) is 54.6 Å². The topological polar surface area (TPSA) is 76.1 Å². The van der Waals surface area contributed by atoms with Gasteiger partial charge in [0, 0.05) is 48.9 Å². The van der Waals surface area contributed by atoms with Crippen LogP contribution < -0.4 is 0 Å². The molecule has 0 saturated carbocycles. The Hall–Kier alpha value is -1.44. The molecule has 7 heteroatoms. The molecule has 2 atom stereocenters. The van der Waals surface area contributed by atoms with E-state index in [9.17, 15) is 14.7 Å². The van der Waals surface area contributed by atoms with E-state index < -0.39 is 12.1 Å². The summed E-state index contributed by atoms with van der Waals surface area (Å²) in [5.74, 6) is -0.308. The van der Waals surface area contributed by atoms with E-state index in [0.717, 1.165) is 18.4 Å². The fourth-order valence-corrected chi connectivity index (χ4v) is 3.09. The number of carbonyl (C=O) groups is 2. The van der Waals surface area contributed by atoms with Crippen LogP contribution in [0.25, 0.3) is 0 Å². The van der Waals surface area contributed by atoms with Crippen LogP contribution in [0.3, 0.4) is 0 Å². The van der Waals surface area contributed by atoms with Crippen LogP contribution in [-0.4, -0.2) is 90.5 Å². The first-order chi connectivity index (χ1) is 13.6. The van der Waals surface area contributed by atoms with Gasteiger partial charge in [0.2, 0.25) is 5.91 Å². The van der Waals surface area contributed by atoms with Crippen molar-refractivity contribution in [1.29, 1.82) is 0 Å². The fourth-order valence-electron chi connectivity index (χ4n) is 3.09. The minimum atomic E-state index is -0.580. The molecule has 1 heterocycles. The third-order valence-electron chi connectivity index (χ3n) is 4.58. The van der Waals surface area contributed by atoms with Gasteiger partial charge in [0.15, 0.2) is 0 Å². The molecule has 29 heavy (non-hydrogen) atoms. The van der Waals surface area contributed by atoms with Crippen molar-refractivity contribution in [1.82, 2.24) is 4.90 Å². The number of hydrogen-bond donors (Lipinski definition) is 1. The van der Waals surface area contributed by atoms with Crippen LogP contribution in [0.5, 0.6) is 0 Å². The van der Waals surface area contributed by atoms with Gasteiger partial charge in [-0.15, -0.1) is 0 Å². The minimum Gasteiger partial charge on any atom is -0.467 e. The number of likely N-dealkylation sites (tertiary alicyclic amines) is 1. The van der Waals surface area contributed by atoms with Crippen molar-refractivity contribution in [3.63, 3.8) is 0 Å². The number of methoxy groups -OCH3 is 1. The Labute approximate surface area is 194 Å². The van der Waals surface area contributed by atoms with E-state index in [-0.39, 0.29) is 54.7 Å². The minimum absolute atomic E-state index is 0. The zero-order valence-corrected chi connectivity index (χ0v) is 19.3. The van der Waals surface area contributed by atoms with Crippen molar-refractivity contribution in [2.45, 2.75) is 37.8 Å². The second-order valence-electron chi connectivity index (χ2n) is 6.71. The molecule has 1 amide bonds. The monoisotopic (exact) mass is 410 g/mol. The molecular formula is C22H29NNaO5. The zero-order chi connectivity index (χ0) is 20.2. The van der Waals surface area contributed by atoms with E-state index in [1.807, 2.05) is 47.4 Å². The maximum atomic E-state index is 12.3. The SMILES string of the molecule is COC(=O)COC/C=C\CN1C(=O)CCC[C@@H]1/C=C/C(O)Cc1ccccc1.[Na]. The van der Waals surface area contributed by atoms with Gasteiger partial charge in [-0.25, -0.2) is 4.79 Å². The van der Waals surface area contributed by atoms with E-state index in [2.05, 4.69) is 4.74 Å². The average Bonchev–Trinajstić information content (AvgIpc) is 2.70. The van der Waals surface area contributed by atoms with Gasteiger partial charge in [0.25, 0.3) is 0 Å². The number of rotatable bonds is 10. The van der Waals surface area contributed by atoms with Crippen molar-refractivity contribution in [3.05, 3.63) is 60.2 Å². The number of carbonyl (C=O) groups excluding carboxylic acids is 2. The summed E-state index contributed by atoms with van der Waals surface area (Å²) >= 11 is 0. The van der Waals surface area contributed by atoms with E-state index >= 15 is 0 Å². The second-order valence-corrected chi connectivity index (χ2v) is 6.71. The number of amides is 1. The average molecular weight is 410 g/mol. The maximum Gasteiger partial charge on any atom is 0.331 e. The van der Waals surface area contributed by atoms with Crippen LogP contribution >= 0.6 is 0 Å². The van der Waals surface area contributed by atoms with E-state index in [4.69, 9.17) is 4.74 Å². The molecule has 1 saturated heterocycles. The molecule has 2 rings (SSSR count). The van der Waals surface area contributed by atoms with Crippen molar-refractivity contribution in [2.24, 2.45) is 0 Å². The van der Waals surface area contributed by atoms with Gasteiger partial charge in [-0.2, -0.15) is 0 Å². The Balaban J connectivity index is 0.00000420. The van der Waals surface area contributed by atoms with Crippen molar-refractivity contribution >= 4 is 41.4 Å². The molecule has 6 nitrogen and oxygen atoms in total. The van der Waals surface area contributed by atoms with Gasteiger partial charge >= 0.3 is 5.97 Å². The predicted molar refractivity (Wildman–Crippen MR) is 112 cm³/mol. The normalized spacial score (nSPS) is 18.1. The summed E-state index contributed by atoms with van der Waals surface area (Å²) in [7, 11) is 1.31. The van der Waals surface area contributed by atoms with Gasteiger partial charge in [-0.3, -0.25) is 4.79 Å². The first kappa shape index (κ1) is 25.6. The third kappa shape index (κ3) is 9.74. The maximum absolute atomic E-state index is 12.3. The molecular weight excluding hydrogens is 381 g/mol. The molecule has 1 N–H and O–H groups in total. The van der Waals surface area contributed by atoms with E-state index in [0.29, 0.717) is 19.4 Å². The van der Waals surface area contributed by atoms with Gasteiger partial charge < -0.3 is 19.5 Å². The Morgan fingerprint density at radius 1 is 1.31 bits per heavy atom. The molecule has 1 unspecified atom stereocenters. The van der Waals surface area contributed by atoms with E-state index in [1.54, 1.807) is 12.2 Å². The molecule has 1 aromatic carbocycles. The van der Waals surface area contributed by atoms with Crippen LogP contribution in [-0.2, 0) is 25.5 Å². The number of nitrogens with zero attached hydrogens (tertiary/aromatic N) is 1. The first-order valence-electron chi connectivity index (χ1n) is 9.59. The zero-order valence-electron chi connectivity index (χ0n) is 17.3. The molecule has 0 spiro atoms. The number of ether oxygens (including phenoxy) is 2. The van der Waals surface area contributed by atoms with Crippen molar-refractivity contribution < 1.29 is 24.2 Å². The predicted octanol–water partition coefficient (Wildman–Crippen LogP) is 1.89. The summed E-state index contributed by atoms with van der Waals surface area (Å²) < 4.78 is 9.65. The molecule has 1 aliphatic heterocycles. The van der Waals surface area contributed by atoms with Gasteiger partial charge in [-0.1, -0.05) is 54.6 Å². The number of piperidine rings is 1. The number of aliphatic hydroxyl groups is 1. The van der Waals surface area contributed by atoms with Crippen LogP contribution in [0.2, 0.25) is 0 Å². The molecule has 0 bridgehead atoms. The van der Waals surface area contributed by atoms with Gasteiger partial charge in [0.1, 0.15) is 6.61 Å². The van der Waals surface area contributed by atoms with Crippen LogP contribution in [0.1, 0.15) is 24.8 Å². The van der Waals surface area contributed by atoms with Crippen molar-refractivity contribution in [3.8, 4) is 0 Å². The summed E-state index contributed by atoms with van der Waals surface area (Å²) in [5.41, 5.74) is 1.08. The molecule has 0 aromatic heterocycles. The molecule has 1 radical (unpaired) electrons. The quantitative estimate of drug-likeness (QED) is 0.276. The van der Waals surface area contributed by atoms with Gasteiger partial charge in [-0.05, 0) is 18.4 Å². The van der Waals surface area contributed by atoms with E-state index in [1.165, 1.54) is 7.11 Å². The molecule has 1 fully saturated rings. The Bertz CT molecular complexity index is 677.